The van der Waals surface area contributed by atoms with Gasteiger partial charge in [-0.05, 0) is 69.2 Å². The molecule has 0 bridgehead atoms. The summed E-state index contributed by atoms with van der Waals surface area (Å²) in [5.41, 5.74) is 3.22. The maximum absolute atomic E-state index is 15.9. The number of halogens is 1. The molecule has 1 amide bonds. The predicted octanol–water partition coefficient (Wildman–Crippen LogP) is 6.53. The van der Waals surface area contributed by atoms with Crippen molar-refractivity contribution in [3.8, 4) is 16.8 Å². The van der Waals surface area contributed by atoms with Crippen molar-refractivity contribution >= 4 is 11.9 Å². The highest BCUT2D eigenvalue weighted by atomic mass is 19.1. The quantitative estimate of drug-likeness (QED) is 0.328. The lowest BCUT2D eigenvalue weighted by Gasteiger charge is -2.36. The Morgan fingerprint density at radius 2 is 1.86 bits per heavy atom. The molecule has 0 spiro atoms. The number of likely N-dealkylation sites (tertiary alicyclic amines) is 1. The summed E-state index contributed by atoms with van der Waals surface area (Å²) in [7, 11) is 0. The van der Waals surface area contributed by atoms with Crippen LogP contribution in [0.3, 0.4) is 0 Å². The molecule has 0 radical (unpaired) electrons. The molecule has 2 aromatic carbocycles. The Morgan fingerprint density at radius 1 is 1.05 bits per heavy atom. The number of benzene rings is 2. The molecule has 0 unspecified atom stereocenters. The molecule has 3 aromatic rings. The molecular formula is C30H34FN3O3. The van der Waals surface area contributed by atoms with Crippen LogP contribution in [0.25, 0.3) is 16.8 Å². The van der Waals surface area contributed by atoms with Gasteiger partial charge in [-0.1, -0.05) is 37.6 Å². The second-order valence-corrected chi connectivity index (χ2v) is 10.0. The van der Waals surface area contributed by atoms with E-state index in [0.717, 1.165) is 56.3 Å². The van der Waals surface area contributed by atoms with Gasteiger partial charge in [0.1, 0.15) is 11.4 Å². The van der Waals surface area contributed by atoms with Crippen LogP contribution in [0.1, 0.15) is 91.1 Å². The first-order valence-electron chi connectivity index (χ1n) is 13.5. The summed E-state index contributed by atoms with van der Waals surface area (Å²) in [5.74, 6) is -0.844. The van der Waals surface area contributed by atoms with Crippen LogP contribution in [0.4, 0.5) is 4.39 Å². The van der Waals surface area contributed by atoms with Gasteiger partial charge in [-0.25, -0.2) is 13.9 Å². The third-order valence-electron chi connectivity index (χ3n) is 7.41. The molecule has 1 aromatic heterocycles. The Hall–Kier alpha value is -3.48. The number of nitrogens with zero attached hydrogens (tertiary/aromatic N) is 3. The molecule has 37 heavy (non-hydrogen) atoms. The fourth-order valence-corrected chi connectivity index (χ4v) is 5.46. The maximum Gasteiger partial charge on any atom is 0.341 e. The third-order valence-corrected chi connectivity index (χ3v) is 7.41. The van der Waals surface area contributed by atoms with Gasteiger partial charge in [0.2, 0.25) is 0 Å². The lowest BCUT2D eigenvalue weighted by molar-refractivity contribution is 0.0524. The zero-order valence-corrected chi connectivity index (χ0v) is 21.6. The number of rotatable bonds is 8. The van der Waals surface area contributed by atoms with Crippen LogP contribution < -0.4 is 0 Å². The van der Waals surface area contributed by atoms with Crippen molar-refractivity contribution in [3.63, 3.8) is 0 Å². The number of esters is 1. The summed E-state index contributed by atoms with van der Waals surface area (Å²) in [6.07, 6.45) is 8.52. The highest BCUT2D eigenvalue weighted by Gasteiger charge is 2.34. The Kier molecular flexibility index (Phi) is 7.40. The first-order valence-corrected chi connectivity index (χ1v) is 13.5. The molecule has 2 fully saturated rings. The first kappa shape index (κ1) is 25.2. The van der Waals surface area contributed by atoms with Crippen molar-refractivity contribution < 1.29 is 18.7 Å². The molecule has 1 saturated heterocycles. The summed E-state index contributed by atoms with van der Waals surface area (Å²) in [6.45, 7) is 4.88. The average Bonchev–Trinajstić information content (AvgIpc) is 3.66. The summed E-state index contributed by atoms with van der Waals surface area (Å²) < 4.78 is 22.9. The van der Waals surface area contributed by atoms with E-state index in [1.54, 1.807) is 36.0 Å². The number of piperidine rings is 1. The van der Waals surface area contributed by atoms with Gasteiger partial charge in [0, 0.05) is 24.1 Å². The Balaban J connectivity index is 1.49. The van der Waals surface area contributed by atoms with Crippen molar-refractivity contribution in [3.05, 3.63) is 71.3 Å². The molecule has 1 aliphatic carbocycles. The summed E-state index contributed by atoms with van der Waals surface area (Å²) >= 11 is 0. The fourth-order valence-electron chi connectivity index (χ4n) is 5.46. The van der Waals surface area contributed by atoms with Gasteiger partial charge in [0.15, 0.2) is 0 Å². The SMILES string of the molecule is CCC[C@@H]1CCCCN1C(=O)c1cccc(-c2cccc(-n3ncc(C(=O)OCC)c3C3CC3)c2)c1F. The molecule has 0 N–H and O–H groups in total. The summed E-state index contributed by atoms with van der Waals surface area (Å²) in [4.78, 5) is 27.8. The molecule has 1 aliphatic heterocycles. The van der Waals surface area contributed by atoms with Gasteiger partial charge in [-0.15, -0.1) is 0 Å². The molecule has 1 saturated carbocycles. The Bertz CT molecular complexity index is 1290. The Morgan fingerprint density at radius 3 is 2.62 bits per heavy atom. The summed E-state index contributed by atoms with van der Waals surface area (Å²) in [6, 6.07) is 12.7. The van der Waals surface area contributed by atoms with E-state index in [2.05, 4.69) is 12.0 Å². The van der Waals surface area contributed by atoms with E-state index in [4.69, 9.17) is 4.74 Å². The van der Waals surface area contributed by atoms with Crippen LogP contribution in [0.15, 0.2) is 48.7 Å². The van der Waals surface area contributed by atoms with E-state index >= 15 is 4.39 Å². The number of amides is 1. The van der Waals surface area contributed by atoms with Crippen LogP contribution in [0, 0.1) is 5.82 Å². The average molecular weight is 504 g/mol. The van der Waals surface area contributed by atoms with Gasteiger partial charge < -0.3 is 9.64 Å². The number of aromatic nitrogens is 2. The van der Waals surface area contributed by atoms with E-state index in [1.807, 2.05) is 29.2 Å². The molecule has 7 heteroatoms. The topological polar surface area (TPSA) is 64.4 Å². The minimum atomic E-state index is -0.499. The fraction of sp³-hybridized carbons (Fsp3) is 0.433. The van der Waals surface area contributed by atoms with E-state index in [1.165, 1.54) is 0 Å². The largest absolute Gasteiger partial charge is 0.462 e. The van der Waals surface area contributed by atoms with Gasteiger partial charge in [0.05, 0.1) is 29.7 Å². The summed E-state index contributed by atoms with van der Waals surface area (Å²) in [5, 5.41) is 4.50. The highest BCUT2D eigenvalue weighted by molar-refractivity contribution is 5.96. The Labute approximate surface area is 217 Å². The van der Waals surface area contributed by atoms with Crippen molar-refractivity contribution in [1.29, 1.82) is 0 Å². The zero-order valence-electron chi connectivity index (χ0n) is 21.6. The van der Waals surface area contributed by atoms with Gasteiger partial charge in [-0.2, -0.15) is 5.10 Å². The molecular weight excluding hydrogens is 469 g/mol. The molecule has 1 atom stereocenters. The standard InChI is InChI=1S/C30H34FN3O3/c1-3-9-22-11-5-6-17-33(22)29(35)25-14-8-13-24(27(25)31)21-10-7-12-23(18-21)34-28(20-15-16-20)26(19-32-34)30(36)37-4-2/h7-8,10,12-14,18-20,22H,3-6,9,11,15-17H2,1-2H3/t22-/m1/s1. The minimum absolute atomic E-state index is 0.119. The van der Waals surface area contributed by atoms with E-state index in [0.29, 0.717) is 29.8 Å². The van der Waals surface area contributed by atoms with Crippen LogP contribution >= 0.6 is 0 Å². The first-order chi connectivity index (χ1) is 18.0. The van der Waals surface area contributed by atoms with Crippen molar-refractivity contribution in [1.82, 2.24) is 14.7 Å². The predicted molar refractivity (Wildman–Crippen MR) is 140 cm³/mol. The lowest BCUT2D eigenvalue weighted by Crippen LogP contribution is -2.44. The van der Waals surface area contributed by atoms with E-state index < -0.39 is 5.82 Å². The van der Waals surface area contributed by atoms with Crippen molar-refractivity contribution in [2.24, 2.45) is 0 Å². The number of hydrogen-bond acceptors (Lipinski definition) is 4. The maximum atomic E-state index is 15.9. The molecule has 194 valence electrons. The smallest absolute Gasteiger partial charge is 0.341 e. The van der Waals surface area contributed by atoms with Crippen molar-refractivity contribution in [2.75, 3.05) is 13.2 Å². The number of carbonyl (C=O) groups is 2. The van der Waals surface area contributed by atoms with Crippen LogP contribution in [0.5, 0.6) is 0 Å². The number of carbonyl (C=O) groups excluding carboxylic acids is 2. The van der Waals surface area contributed by atoms with Crippen LogP contribution in [0.2, 0.25) is 0 Å². The van der Waals surface area contributed by atoms with E-state index in [9.17, 15) is 9.59 Å². The number of ether oxygens (including phenoxy) is 1. The second kappa shape index (κ2) is 10.9. The monoisotopic (exact) mass is 503 g/mol. The third kappa shape index (κ3) is 5.04. The molecule has 6 nitrogen and oxygen atoms in total. The van der Waals surface area contributed by atoms with Gasteiger partial charge in [0.25, 0.3) is 5.91 Å². The molecule has 2 aliphatic rings. The van der Waals surface area contributed by atoms with Crippen LogP contribution in [-0.2, 0) is 4.74 Å². The van der Waals surface area contributed by atoms with Crippen molar-refractivity contribution in [2.45, 2.75) is 70.8 Å². The molecule has 5 rings (SSSR count). The molecule has 2 heterocycles. The normalized spacial score (nSPS) is 17.6. The zero-order chi connectivity index (χ0) is 25.9. The van der Waals surface area contributed by atoms with Gasteiger partial charge >= 0.3 is 5.97 Å². The van der Waals surface area contributed by atoms with Gasteiger partial charge in [-0.3, -0.25) is 4.79 Å². The number of hydrogen-bond donors (Lipinski definition) is 0. The van der Waals surface area contributed by atoms with E-state index in [-0.39, 0.29) is 29.4 Å². The minimum Gasteiger partial charge on any atom is -0.462 e. The second-order valence-electron chi connectivity index (χ2n) is 10.0. The van der Waals surface area contributed by atoms with Crippen LogP contribution in [-0.4, -0.2) is 45.8 Å². The highest BCUT2D eigenvalue weighted by Crippen LogP contribution is 2.43. The lowest BCUT2D eigenvalue weighted by atomic mass is 9.96.